The molecule has 4 rings (SSSR count). The van der Waals surface area contributed by atoms with E-state index in [2.05, 4.69) is 5.92 Å². The van der Waals surface area contributed by atoms with E-state index in [0.717, 1.165) is 5.56 Å². The highest BCUT2D eigenvalue weighted by molar-refractivity contribution is 6.22. The molecule has 1 N–H and O–H groups in total. The van der Waals surface area contributed by atoms with Crippen molar-refractivity contribution in [1.82, 2.24) is 4.90 Å². The maximum Gasteiger partial charge on any atom is 0.262 e. The van der Waals surface area contributed by atoms with E-state index < -0.39 is 11.1 Å². The summed E-state index contributed by atoms with van der Waals surface area (Å²) in [7, 11) is 0. The third-order valence-electron chi connectivity index (χ3n) is 5.15. The molecule has 1 heterocycles. The van der Waals surface area contributed by atoms with Crippen LogP contribution in [0.5, 0.6) is 0 Å². The van der Waals surface area contributed by atoms with Crippen molar-refractivity contribution in [3.63, 3.8) is 0 Å². The molecule has 2 aromatic rings. The van der Waals surface area contributed by atoms with Gasteiger partial charge in [0.05, 0.1) is 22.3 Å². The standard InChI is InChI=1S/C21H17NO3/c1-3-14-8-4-7-11-17(14)21(12-20(2,25)13-21)22-18(23)15-9-5-6-10-16(15)19(22)24/h1,4-11,25H,12-13H2,2H3. The molecule has 2 aromatic carbocycles. The number of amides is 2. The van der Waals surface area contributed by atoms with Crippen molar-refractivity contribution < 1.29 is 14.7 Å². The van der Waals surface area contributed by atoms with Gasteiger partial charge in [-0.25, -0.2) is 0 Å². The number of benzene rings is 2. The first-order valence-corrected chi connectivity index (χ1v) is 8.16. The fraction of sp³-hybridized carbons (Fsp3) is 0.238. The zero-order valence-corrected chi connectivity index (χ0v) is 13.8. The second kappa shape index (κ2) is 5.05. The van der Waals surface area contributed by atoms with Gasteiger partial charge in [0.2, 0.25) is 0 Å². The molecule has 4 nitrogen and oxygen atoms in total. The number of carbonyl (C=O) groups excluding carboxylic acids is 2. The number of carbonyl (C=O) groups is 2. The van der Waals surface area contributed by atoms with Gasteiger partial charge in [-0.1, -0.05) is 36.3 Å². The predicted octanol–water partition coefficient (Wildman–Crippen LogP) is 2.70. The minimum atomic E-state index is -0.947. The lowest BCUT2D eigenvalue weighted by atomic mass is 9.60. The van der Waals surface area contributed by atoms with Crippen LogP contribution in [0, 0.1) is 12.3 Å². The summed E-state index contributed by atoms with van der Waals surface area (Å²) in [5.74, 6) is 1.98. The number of hydrogen-bond donors (Lipinski definition) is 1. The molecule has 2 aliphatic rings. The average Bonchev–Trinajstić information content (AvgIpc) is 2.84. The van der Waals surface area contributed by atoms with Crippen molar-refractivity contribution in [3.05, 3.63) is 70.8 Å². The van der Waals surface area contributed by atoms with Crippen LogP contribution in [0.4, 0.5) is 0 Å². The smallest absolute Gasteiger partial charge is 0.262 e. The molecule has 2 amide bonds. The Labute approximate surface area is 146 Å². The molecule has 0 spiro atoms. The molecule has 1 fully saturated rings. The molecule has 1 saturated carbocycles. The van der Waals surface area contributed by atoms with Gasteiger partial charge in [0, 0.05) is 18.4 Å². The first-order valence-electron chi connectivity index (χ1n) is 8.16. The maximum absolute atomic E-state index is 13.0. The summed E-state index contributed by atoms with van der Waals surface area (Å²) in [5.41, 5.74) is 0.303. The van der Waals surface area contributed by atoms with Gasteiger partial charge in [-0.15, -0.1) is 6.42 Å². The Kier molecular flexibility index (Phi) is 3.15. The number of hydrogen-bond acceptors (Lipinski definition) is 3. The number of nitrogens with zero attached hydrogens (tertiary/aromatic N) is 1. The normalized spacial score (nSPS) is 27.6. The summed E-state index contributed by atoms with van der Waals surface area (Å²) in [6.07, 6.45) is 6.18. The van der Waals surface area contributed by atoms with Gasteiger partial charge < -0.3 is 5.11 Å². The number of rotatable bonds is 2. The van der Waals surface area contributed by atoms with Crippen molar-refractivity contribution in [2.45, 2.75) is 30.9 Å². The van der Waals surface area contributed by atoms with E-state index in [4.69, 9.17) is 6.42 Å². The van der Waals surface area contributed by atoms with Crippen LogP contribution >= 0.6 is 0 Å². The largest absolute Gasteiger partial charge is 0.390 e. The van der Waals surface area contributed by atoms with E-state index in [1.807, 2.05) is 18.2 Å². The van der Waals surface area contributed by atoms with Gasteiger partial charge in [0.25, 0.3) is 11.8 Å². The van der Waals surface area contributed by atoms with Crippen LogP contribution < -0.4 is 0 Å². The maximum atomic E-state index is 13.0. The summed E-state index contributed by atoms with van der Waals surface area (Å²) in [6.45, 7) is 1.71. The van der Waals surface area contributed by atoms with Crippen LogP contribution in [0.2, 0.25) is 0 Å². The lowest BCUT2D eigenvalue weighted by Gasteiger charge is -2.55. The molecule has 0 unspecified atom stereocenters. The first-order chi connectivity index (χ1) is 11.9. The predicted molar refractivity (Wildman–Crippen MR) is 92.9 cm³/mol. The molecule has 124 valence electrons. The Hall–Kier alpha value is -2.90. The molecule has 0 saturated heterocycles. The lowest BCUT2D eigenvalue weighted by Crippen LogP contribution is -2.63. The van der Waals surface area contributed by atoms with Gasteiger partial charge in [-0.05, 0) is 30.7 Å². The van der Waals surface area contributed by atoms with E-state index in [1.165, 1.54) is 4.90 Å². The molecule has 0 aromatic heterocycles. The van der Waals surface area contributed by atoms with Crippen LogP contribution in [0.15, 0.2) is 48.5 Å². The van der Waals surface area contributed by atoms with Gasteiger partial charge >= 0.3 is 0 Å². The summed E-state index contributed by atoms with van der Waals surface area (Å²) in [5, 5.41) is 10.4. The van der Waals surface area contributed by atoms with E-state index >= 15 is 0 Å². The number of imide groups is 1. The first kappa shape index (κ1) is 15.6. The molecule has 0 bridgehead atoms. The SMILES string of the molecule is C#Cc1ccccc1C1(N2C(=O)c3ccccc3C2=O)CC(C)(O)C1. The van der Waals surface area contributed by atoms with Crippen LogP contribution in [0.3, 0.4) is 0 Å². The zero-order chi connectivity index (χ0) is 17.8. The molecular weight excluding hydrogens is 314 g/mol. The second-order valence-electron chi connectivity index (χ2n) is 7.06. The minimum absolute atomic E-state index is 0.268. The van der Waals surface area contributed by atoms with Gasteiger partial charge in [-0.3, -0.25) is 14.5 Å². The van der Waals surface area contributed by atoms with Crippen LogP contribution in [0.25, 0.3) is 0 Å². The Balaban J connectivity index is 1.90. The highest BCUT2D eigenvalue weighted by Gasteiger charge is 2.61. The van der Waals surface area contributed by atoms with Gasteiger partial charge in [0.15, 0.2) is 0 Å². The Morgan fingerprint density at radius 1 is 1.00 bits per heavy atom. The third kappa shape index (κ3) is 2.06. The quantitative estimate of drug-likeness (QED) is 0.680. The van der Waals surface area contributed by atoms with Crippen molar-refractivity contribution in [1.29, 1.82) is 0 Å². The number of fused-ring (bicyclic) bond motifs is 1. The van der Waals surface area contributed by atoms with Crippen LogP contribution in [-0.2, 0) is 5.54 Å². The monoisotopic (exact) mass is 331 g/mol. The molecule has 25 heavy (non-hydrogen) atoms. The fourth-order valence-corrected chi connectivity index (χ4v) is 4.27. The lowest BCUT2D eigenvalue weighted by molar-refractivity contribution is -0.118. The van der Waals surface area contributed by atoms with Crippen molar-refractivity contribution >= 4 is 11.8 Å². The van der Waals surface area contributed by atoms with Crippen LogP contribution in [0.1, 0.15) is 51.6 Å². The van der Waals surface area contributed by atoms with Crippen molar-refractivity contribution in [2.75, 3.05) is 0 Å². The Bertz CT molecular complexity index is 909. The molecule has 1 aliphatic heterocycles. The van der Waals surface area contributed by atoms with E-state index in [-0.39, 0.29) is 24.7 Å². The second-order valence-corrected chi connectivity index (χ2v) is 7.06. The topological polar surface area (TPSA) is 57.6 Å². The van der Waals surface area contributed by atoms with E-state index in [1.54, 1.807) is 37.3 Å². The van der Waals surface area contributed by atoms with Gasteiger partial charge in [-0.2, -0.15) is 0 Å². The van der Waals surface area contributed by atoms with E-state index in [9.17, 15) is 14.7 Å². The van der Waals surface area contributed by atoms with Crippen molar-refractivity contribution in [3.8, 4) is 12.3 Å². The molecule has 0 atom stereocenters. The Morgan fingerprint density at radius 3 is 2.04 bits per heavy atom. The summed E-state index contributed by atoms with van der Waals surface area (Å²) in [6, 6.07) is 14.1. The summed E-state index contributed by atoms with van der Waals surface area (Å²) in [4.78, 5) is 27.3. The average molecular weight is 331 g/mol. The van der Waals surface area contributed by atoms with Crippen LogP contribution in [-0.4, -0.2) is 27.4 Å². The van der Waals surface area contributed by atoms with Crippen molar-refractivity contribution in [2.24, 2.45) is 0 Å². The molecule has 4 heteroatoms. The van der Waals surface area contributed by atoms with E-state index in [0.29, 0.717) is 16.7 Å². The molecule has 1 aliphatic carbocycles. The van der Waals surface area contributed by atoms with Gasteiger partial charge in [0.1, 0.15) is 0 Å². The number of aliphatic hydroxyl groups is 1. The highest BCUT2D eigenvalue weighted by atomic mass is 16.3. The zero-order valence-electron chi connectivity index (χ0n) is 13.8. The Morgan fingerprint density at radius 2 is 1.52 bits per heavy atom. The number of terminal acetylenes is 1. The highest BCUT2D eigenvalue weighted by Crippen LogP contribution is 2.55. The minimum Gasteiger partial charge on any atom is -0.390 e. The summed E-state index contributed by atoms with van der Waals surface area (Å²) >= 11 is 0. The third-order valence-corrected chi connectivity index (χ3v) is 5.15. The summed E-state index contributed by atoms with van der Waals surface area (Å²) < 4.78 is 0. The molecular formula is C21H17NO3. The molecule has 0 radical (unpaired) electrons. The fourth-order valence-electron chi connectivity index (χ4n) is 4.27.